The molecule has 2 rings (SSSR count). The van der Waals surface area contributed by atoms with Crippen molar-refractivity contribution in [3.8, 4) is 0 Å². The Morgan fingerprint density at radius 3 is 2.74 bits per heavy atom. The first-order valence-corrected chi connectivity index (χ1v) is 6.42. The molecule has 0 aliphatic carbocycles. The van der Waals surface area contributed by atoms with E-state index in [4.69, 9.17) is 5.11 Å². The molecule has 0 bridgehead atoms. The number of hydrogen-bond acceptors (Lipinski definition) is 3. The summed E-state index contributed by atoms with van der Waals surface area (Å²) in [6.07, 6.45) is 0.613. The van der Waals surface area contributed by atoms with Gasteiger partial charge in [-0.25, -0.2) is 0 Å². The van der Waals surface area contributed by atoms with Crippen molar-refractivity contribution in [1.29, 1.82) is 0 Å². The van der Waals surface area contributed by atoms with Crippen LogP contribution in [0.4, 0.5) is 5.69 Å². The summed E-state index contributed by atoms with van der Waals surface area (Å²) in [5.41, 5.74) is 0.887. The van der Waals surface area contributed by atoms with E-state index in [2.05, 4.69) is 5.32 Å². The number of nitrogens with zero attached hydrogens (tertiary/aromatic N) is 1. The van der Waals surface area contributed by atoms with Gasteiger partial charge in [0.2, 0.25) is 5.91 Å². The summed E-state index contributed by atoms with van der Waals surface area (Å²) in [6.45, 7) is 2.60. The predicted octanol–water partition coefficient (Wildman–Crippen LogP) is 1.24. The normalized spacial score (nSPS) is 23.6. The Kier molecular flexibility index (Phi) is 4.04. The monoisotopic (exact) mass is 262 g/mol. The molecule has 5 heteroatoms. The summed E-state index contributed by atoms with van der Waals surface area (Å²) < 4.78 is 0. The number of carbonyl (C=O) groups is 2. The third-order valence-corrected chi connectivity index (χ3v) is 3.40. The van der Waals surface area contributed by atoms with E-state index in [1.165, 1.54) is 0 Å². The van der Waals surface area contributed by atoms with Gasteiger partial charge < -0.3 is 15.3 Å². The molecule has 0 saturated carbocycles. The van der Waals surface area contributed by atoms with Crippen LogP contribution in [-0.2, 0) is 9.59 Å². The number of carboxylic acid groups (broad SMARTS) is 1. The predicted molar refractivity (Wildman–Crippen MR) is 72.1 cm³/mol. The van der Waals surface area contributed by atoms with E-state index in [-0.39, 0.29) is 18.4 Å². The standard InChI is InChI=1S/C14H18N2O3/c1-10-7-8-15-14(19)12(9-13(17)18)16(10)11-5-3-2-4-6-11/h2-6,10,12H,7-9H2,1H3,(H,15,19)(H,17,18). The van der Waals surface area contributed by atoms with Crippen molar-refractivity contribution < 1.29 is 14.7 Å². The Morgan fingerprint density at radius 2 is 2.11 bits per heavy atom. The SMILES string of the molecule is CC1CCNC(=O)C(CC(=O)O)N1c1ccccc1. The van der Waals surface area contributed by atoms with Crippen LogP contribution < -0.4 is 10.2 Å². The molecule has 2 atom stereocenters. The molecule has 0 aromatic heterocycles. The average molecular weight is 262 g/mol. The zero-order valence-electron chi connectivity index (χ0n) is 10.9. The maximum Gasteiger partial charge on any atom is 0.305 e. The third-order valence-electron chi connectivity index (χ3n) is 3.40. The van der Waals surface area contributed by atoms with E-state index in [0.29, 0.717) is 6.54 Å². The number of carbonyl (C=O) groups excluding carboxylic acids is 1. The highest BCUT2D eigenvalue weighted by Gasteiger charge is 2.33. The third kappa shape index (κ3) is 3.05. The number of anilines is 1. The number of carboxylic acids is 1. The van der Waals surface area contributed by atoms with Crippen molar-refractivity contribution in [2.45, 2.75) is 31.8 Å². The van der Waals surface area contributed by atoms with Crippen LogP contribution in [0.3, 0.4) is 0 Å². The van der Waals surface area contributed by atoms with Crippen molar-refractivity contribution in [3.63, 3.8) is 0 Å². The lowest BCUT2D eigenvalue weighted by Gasteiger charge is -2.34. The number of benzene rings is 1. The number of nitrogens with one attached hydrogen (secondary N) is 1. The van der Waals surface area contributed by atoms with Gasteiger partial charge in [0.25, 0.3) is 0 Å². The summed E-state index contributed by atoms with van der Waals surface area (Å²) in [4.78, 5) is 25.0. The first kappa shape index (κ1) is 13.4. The van der Waals surface area contributed by atoms with Crippen LogP contribution in [0.25, 0.3) is 0 Å². The van der Waals surface area contributed by atoms with Crippen molar-refractivity contribution in [1.82, 2.24) is 5.32 Å². The van der Waals surface area contributed by atoms with Crippen LogP contribution in [-0.4, -0.2) is 35.6 Å². The summed E-state index contributed by atoms with van der Waals surface area (Å²) in [5.74, 6) is -1.18. The molecule has 2 unspecified atom stereocenters. The first-order valence-electron chi connectivity index (χ1n) is 6.42. The lowest BCUT2D eigenvalue weighted by molar-refractivity contribution is -0.139. The molecule has 0 spiro atoms. The van der Waals surface area contributed by atoms with E-state index in [1.54, 1.807) is 0 Å². The Bertz CT molecular complexity index is 461. The molecule has 1 aliphatic heterocycles. The molecule has 1 heterocycles. The molecule has 2 N–H and O–H groups in total. The summed E-state index contributed by atoms with van der Waals surface area (Å²) in [5, 5.41) is 11.8. The van der Waals surface area contributed by atoms with E-state index in [1.807, 2.05) is 42.2 Å². The van der Waals surface area contributed by atoms with Crippen LogP contribution >= 0.6 is 0 Å². The molecule has 1 fully saturated rings. The Hall–Kier alpha value is -2.04. The molecule has 5 nitrogen and oxygen atoms in total. The summed E-state index contributed by atoms with van der Waals surface area (Å²) >= 11 is 0. The zero-order chi connectivity index (χ0) is 13.8. The Labute approximate surface area is 112 Å². The minimum atomic E-state index is -0.963. The number of amides is 1. The average Bonchev–Trinajstić information content (AvgIpc) is 2.50. The minimum absolute atomic E-state index is 0.116. The number of rotatable bonds is 3. The lowest BCUT2D eigenvalue weighted by Crippen LogP contribution is -2.48. The topological polar surface area (TPSA) is 69.6 Å². The van der Waals surface area contributed by atoms with Crippen molar-refractivity contribution in [3.05, 3.63) is 30.3 Å². The van der Waals surface area contributed by atoms with Gasteiger partial charge in [-0.2, -0.15) is 0 Å². The largest absolute Gasteiger partial charge is 0.481 e. The van der Waals surface area contributed by atoms with E-state index in [9.17, 15) is 9.59 Å². The van der Waals surface area contributed by atoms with Gasteiger partial charge >= 0.3 is 5.97 Å². The molecule has 102 valence electrons. The van der Waals surface area contributed by atoms with Crippen LogP contribution in [0.15, 0.2) is 30.3 Å². The molecule has 1 saturated heterocycles. The number of hydrogen-bond donors (Lipinski definition) is 2. The second kappa shape index (κ2) is 5.73. The number of para-hydroxylation sites is 1. The van der Waals surface area contributed by atoms with Crippen LogP contribution in [0.5, 0.6) is 0 Å². The highest BCUT2D eigenvalue weighted by atomic mass is 16.4. The first-order chi connectivity index (χ1) is 9.09. The molecule has 0 radical (unpaired) electrons. The maximum absolute atomic E-state index is 12.1. The van der Waals surface area contributed by atoms with Crippen LogP contribution in [0, 0.1) is 0 Å². The van der Waals surface area contributed by atoms with Gasteiger partial charge in [0.1, 0.15) is 6.04 Å². The summed E-state index contributed by atoms with van der Waals surface area (Å²) in [7, 11) is 0. The van der Waals surface area contributed by atoms with Gasteiger partial charge in [0, 0.05) is 18.3 Å². The molecular formula is C14H18N2O3. The molecule has 1 aliphatic rings. The minimum Gasteiger partial charge on any atom is -0.481 e. The van der Waals surface area contributed by atoms with Gasteiger partial charge in [-0.1, -0.05) is 18.2 Å². The molecular weight excluding hydrogens is 244 g/mol. The van der Waals surface area contributed by atoms with E-state index in [0.717, 1.165) is 12.1 Å². The molecule has 19 heavy (non-hydrogen) atoms. The number of aliphatic carboxylic acids is 1. The van der Waals surface area contributed by atoms with Crippen LogP contribution in [0.1, 0.15) is 19.8 Å². The molecule has 1 amide bonds. The highest BCUT2D eigenvalue weighted by molar-refractivity contribution is 5.89. The zero-order valence-corrected chi connectivity index (χ0v) is 10.9. The van der Waals surface area contributed by atoms with Crippen molar-refractivity contribution >= 4 is 17.6 Å². The van der Waals surface area contributed by atoms with Gasteiger partial charge in [-0.15, -0.1) is 0 Å². The fourth-order valence-electron chi connectivity index (χ4n) is 2.49. The van der Waals surface area contributed by atoms with Crippen LogP contribution in [0.2, 0.25) is 0 Å². The van der Waals surface area contributed by atoms with Crippen molar-refractivity contribution in [2.24, 2.45) is 0 Å². The fourth-order valence-corrected chi connectivity index (χ4v) is 2.49. The second-order valence-corrected chi connectivity index (χ2v) is 4.79. The molecule has 1 aromatic carbocycles. The van der Waals surface area contributed by atoms with Gasteiger partial charge in [-0.05, 0) is 25.5 Å². The van der Waals surface area contributed by atoms with Gasteiger partial charge in [-0.3, -0.25) is 9.59 Å². The summed E-state index contributed by atoms with van der Waals surface area (Å²) in [6, 6.07) is 8.96. The van der Waals surface area contributed by atoms with Gasteiger partial charge in [0.05, 0.1) is 6.42 Å². The highest BCUT2D eigenvalue weighted by Crippen LogP contribution is 2.24. The quantitative estimate of drug-likeness (QED) is 0.860. The van der Waals surface area contributed by atoms with Gasteiger partial charge in [0.15, 0.2) is 0 Å². The lowest BCUT2D eigenvalue weighted by atomic mass is 10.1. The van der Waals surface area contributed by atoms with E-state index >= 15 is 0 Å². The van der Waals surface area contributed by atoms with Crippen molar-refractivity contribution in [2.75, 3.05) is 11.4 Å². The molecule has 1 aromatic rings. The van der Waals surface area contributed by atoms with E-state index < -0.39 is 12.0 Å². The smallest absolute Gasteiger partial charge is 0.305 e. The Balaban J connectivity index is 2.36. The second-order valence-electron chi connectivity index (χ2n) is 4.79. The fraction of sp³-hybridized carbons (Fsp3) is 0.429. The Morgan fingerprint density at radius 1 is 1.42 bits per heavy atom. The maximum atomic E-state index is 12.1.